The molecule has 2 aromatic carbocycles. The number of hydrogen-bond donors (Lipinski definition) is 3. The summed E-state index contributed by atoms with van der Waals surface area (Å²) < 4.78 is 38.7. The van der Waals surface area contributed by atoms with Gasteiger partial charge in [0, 0.05) is 13.1 Å². The SMILES string of the molecule is COc1ccc2cc(S(=O)(=O)N(CC(=O)OC(=O)[C@@H](N)CCCN=C(N)N)CC3CCCCC3)ccc2c1. The van der Waals surface area contributed by atoms with E-state index in [1.807, 2.05) is 6.07 Å². The van der Waals surface area contributed by atoms with Crippen molar-refractivity contribution in [3.05, 3.63) is 36.4 Å². The van der Waals surface area contributed by atoms with E-state index in [9.17, 15) is 18.0 Å². The molecular weight excluding hydrogens is 510 g/mol. The fourth-order valence-electron chi connectivity index (χ4n) is 4.55. The molecule has 1 aliphatic carbocycles. The molecule has 3 rings (SSSR count). The lowest BCUT2D eigenvalue weighted by molar-refractivity contribution is -0.160. The lowest BCUT2D eigenvalue weighted by Gasteiger charge is -2.28. The first-order valence-corrected chi connectivity index (χ1v) is 14.2. The van der Waals surface area contributed by atoms with Crippen molar-refractivity contribution in [2.45, 2.75) is 55.9 Å². The van der Waals surface area contributed by atoms with Crippen LogP contribution in [0.15, 0.2) is 46.3 Å². The van der Waals surface area contributed by atoms with Crippen LogP contribution in [0.1, 0.15) is 44.9 Å². The number of guanidine groups is 1. The van der Waals surface area contributed by atoms with Gasteiger partial charge in [0.15, 0.2) is 5.96 Å². The molecule has 2 aromatic rings. The quantitative estimate of drug-likeness (QED) is 0.117. The van der Waals surface area contributed by atoms with E-state index in [2.05, 4.69) is 4.99 Å². The molecular formula is C26H37N5O6S. The number of nitrogens with two attached hydrogens (primary N) is 3. The standard InChI is InChI=1S/C26H37N5O6S/c1-36-21-11-9-20-15-22(12-10-19(20)14-21)38(34,35)31(16-18-6-3-2-4-7-18)17-24(32)37-25(33)23(27)8-5-13-30-26(28)29/h9-12,14-15,18,23H,2-8,13,16-17,27H2,1H3,(H4,28,29,30)/t23-/m0/s1. The highest BCUT2D eigenvalue weighted by Gasteiger charge is 2.31. The average molecular weight is 548 g/mol. The summed E-state index contributed by atoms with van der Waals surface area (Å²) in [6.45, 7) is -0.147. The Bertz CT molecular complexity index is 1260. The molecule has 0 aliphatic heterocycles. The Morgan fingerprint density at radius 3 is 2.45 bits per heavy atom. The van der Waals surface area contributed by atoms with Crippen LogP contribution in [-0.4, -0.2) is 63.4 Å². The second-order valence-corrected chi connectivity index (χ2v) is 11.5. The number of aliphatic imine (C=N–C) groups is 1. The molecule has 11 nitrogen and oxygen atoms in total. The molecule has 0 radical (unpaired) electrons. The Balaban J connectivity index is 1.75. The Kier molecular flexibility index (Phi) is 10.5. The van der Waals surface area contributed by atoms with E-state index in [1.54, 1.807) is 31.4 Å². The molecule has 0 heterocycles. The van der Waals surface area contributed by atoms with Gasteiger partial charge in [0.25, 0.3) is 0 Å². The van der Waals surface area contributed by atoms with E-state index in [4.69, 9.17) is 26.7 Å². The zero-order valence-corrected chi connectivity index (χ0v) is 22.5. The fourth-order valence-corrected chi connectivity index (χ4v) is 6.04. The second kappa shape index (κ2) is 13.5. The summed E-state index contributed by atoms with van der Waals surface area (Å²) in [6.07, 6.45) is 5.49. The summed E-state index contributed by atoms with van der Waals surface area (Å²) in [6, 6.07) is 9.06. The summed E-state index contributed by atoms with van der Waals surface area (Å²) in [4.78, 5) is 28.9. The molecule has 1 atom stereocenters. The highest BCUT2D eigenvalue weighted by atomic mass is 32.2. The molecule has 1 fully saturated rings. The molecule has 1 aliphatic rings. The minimum Gasteiger partial charge on any atom is -0.497 e. The predicted octanol–water partition coefficient (Wildman–Crippen LogP) is 1.87. The van der Waals surface area contributed by atoms with Gasteiger partial charge < -0.3 is 26.7 Å². The third kappa shape index (κ3) is 8.14. The highest BCUT2D eigenvalue weighted by Crippen LogP contribution is 2.29. The lowest BCUT2D eigenvalue weighted by atomic mass is 9.89. The van der Waals surface area contributed by atoms with Crippen molar-refractivity contribution in [1.82, 2.24) is 4.31 Å². The molecule has 0 spiro atoms. The van der Waals surface area contributed by atoms with Crippen molar-refractivity contribution in [1.29, 1.82) is 0 Å². The number of fused-ring (bicyclic) bond motifs is 1. The Morgan fingerprint density at radius 2 is 1.76 bits per heavy atom. The van der Waals surface area contributed by atoms with E-state index >= 15 is 0 Å². The summed E-state index contributed by atoms with van der Waals surface area (Å²) >= 11 is 0. The Hall–Kier alpha value is -3.22. The van der Waals surface area contributed by atoms with Gasteiger partial charge in [-0.15, -0.1) is 0 Å². The second-order valence-electron chi connectivity index (χ2n) is 9.52. The number of methoxy groups -OCH3 is 1. The number of rotatable bonds is 12. The number of carbonyl (C=O) groups excluding carboxylic acids is 2. The van der Waals surface area contributed by atoms with Crippen molar-refractivity contribution in [3.63, 3.8) is 0 Å². The monoisotopic (exact) mass is 547 g/mol. The van der Waals surface area contributed by atoms with Crippen molar-refractivity contribution < 1.29 is 27.5 Å². The van der Waals surface area contributed by atoms with Gasteiger partial charge in [0.1, 0.15) is 18.3 Å². The number of benzene rings is 2. The van der Waals surface area contributed by atoms with Crippen LogP contribution in [0.25, 0.3) is 10.8 Å². The Morgan fingerprint density at radius 1 is 1.08 bits per heavy atom. The van der Waals surface area contributed by atoms with E-state index < -0.39 is 34.5 Å². The zero-order chi connectivity index (χ0) is 27.7. The van der Waals surface area contributed by atoms with Crippen LogP contribution in [0.4, 0.5) is 0 Å². The van der Waals surface area contributed by atoms with Gasteiger partial charge in [-0.1, -0.05) is 31.4 Å². The molecule has 6 N–H and O–H groups in total. The molecule has 0 bridgehead atoms. The molecule has 208 valence electrons. The van der Waals surface area contributed by atoms with Crippen molar-refractivity contribution in [2.24, 2.45) is 28.1 Å². The number of ether oxygens (including phenoxy) is 2. The predicted molar refractivity (Wildman–Crippen MR) is 145 cm³/mol. The van der Waals surface area contributed by atoms with Crippen LogP contribution in [-0.2, 0) is 24.3 Å². The van der Waals surface area contributed by atoms with Gasteiger partial charge >= 0.3 is 11.9 Å². The maximum absolute atomic E-state index is 13.7. The number of nitrogens with zero attached hydrogens (tertiary/aromatic N) is 2. The number of hydrogen-bond acceptors (Lipinski definition) is 8. The molecule has 38 heavy (non-hydrogen) atoms. The average Bonchev–Trinajstić information content (AvgIpc) is 2.90. The fraction of sp³-hybridized carbons (Fsp3) is 0.500. The summed E-state index contributed by atoms with van der Waals surface area (Å²) in [5.74, 6) is -1.19. The number of carbonyl (C=O) groups is 2. The van der Waals surface area contributed by atoms with E-state index in [1.165, 1.54) is 6.07 Å². The molecule has 12 heteroatoms. The lowest BCUT2D eigenvalue weighted by Crippen LogP contribution is -2.42. The van der Waals surface area contributed by atoms with Crippen LogP contribution in [0.3, 0.4) is 0 Å². The Labute approximate surface area is 223 Å². The van der Waals surface area contributed by atoms with E-state index in [-0.39, 0.29) is 36.3 Å². The van der Waals surface area contributed by atoms with Gasteiger partial charge in [-0.05, 0) is 66.6 Å². The molecule has 1 saturated carbocycles. The van der Waals surface area contributed by atoms with E-state index in [0.29, 0.717) is 17.6 Å². The van der Waals surface area contributed by atoms with Crippen LogP contribution in [0, 0.1) is 5.92 Å². The number of sulfonamides is 1. The normalized spacial score (nSPS) is 15.2. The maximum atomic E-state index is 13.7. The maximum Gasteiger partial charge on any atom is 0.330 e. The molecule has 0 saturated heterocycles. The van der Waals surface area contributed by atoms with Gasteiger partial charge in [0.05, 0.1) is 12.0 Å². The largest absolute Gasteiger partial charge is 0.497 e. The topological polar surface area (TPSA) is 180 Å². The highest BCUT2D eigenvalue weighted by molar-refractivity contribution is 7.89. The number of esters is 2. The van der Waals surface area contributed by atoms with Crippen molar-refractivity contribution >= 4 is 38.7 Å². The summed E-state index contributed by atoms with van der Waals surface area (Å²) in [5.41, 5.74) is 16.4. The third-order valence-corrected chi connectivity index (χ3v) is 8.44. The first kappa shape index (κ1) is 29.3. The minimum atomic E-state index is -4.06. The smallest absolute Gasteiger partial charge is 0.330 e. The summed E-state index contributed by atoms with van der Waals surface area (Å²) in [5, 5.41) is 1.54. The van der Waals surface area contributed by atoms with Crippen LogP contribution < -0.4 is 21.9 Å². The van der Waals surface area contributed by atoms with Gasteiger partial charge in [-0.3, -0.25) is 9.79 Å². The van der Waals surface area contributed by atoms with Crippen molar-refractivity contribution in [3.8, 4) is 5.75 Å². The third-order valence-electron chi connectivity index (χ3n) is 6.63. The molecule has 0 aromatic heterocycles. The molecule has 0 unspecified atom stereocenters. The first-order valence-electron chi connectivity index (χ1n) is 12.7. The van der Waals surface area contributed by atoms with Crippen molar-refractivity contribution in [2.75, 3.05) is 26.7 Å². The van der Waals surface area contributed by atoms with Gasteiger partial charge in [0.2, 0.25) is 10.0 Å². The minimum absolute atomic E-state index is 0.0570. The van der Waals surface area contributed by atoms with Crippen LogP contribution in [0.5, 0.6) is 5.75 Å². The van der Waals surface area contributed by atoms with E-state index in [0.717, 1.165) is 41.8 Å². The molecule has 0 amide bonds. The van der Waals surface area contributed by atoms with Crippen LogP contribution in [0.2, 0.25) is 0 Å². The van der Waals surface area contributed by atoms with Crippen LogP contribution >= 0.6 is 0 Å². The summed E-state index contributed by atoms with van der Waals surface area (Å²) in [7, 11) is -2.50. The van der Waals surface area contributed by atoms with Gasteiger partial charge in [-0.2, -0.15) is 4.31 Å². The zero-order valence-electron chi connectivity index (χ0n) is 21.7. The van der Waals surface area contributed by atoms with Gasteiger partial charge in [-0.25, -0.2) is 13.2 Å². The first-order chi connectivity index (χ1) is 18.1.